The van der Waals surface area contributed by atoms with Crippen LogP contribution in [0.5, 0.6) is 0 Å². The van der Waals surface area contributed by atoms with Gasteiger partial charge in [-0.2, -0.15) is 0 Å². The molecule has 1 fully saturated rings. The summed E-state index contributed by atoms with van der Waals surface area (Å²) in [5, 5.41) is 5.28. The minimum atomic E-state index is -0.401. The second-order valence-electron chi connectivity index (χ2n) is 3.15. The number of nitrogens with one attached hydrogen (secondary N) is 2. The van der Waals surface area contributed by atoms with Gasteiger partial charge in [-0.05, 0) is 12.8 Å². The zero-order valence-electron chi connectivity index (χ0n) is 7.00. The normalized spacial score (nSPS) is 20.6. The molecule has 0 unspecified atom stereocenters. The summed E-state index contributed by atoms with van der Waals surface area (Å²) in [4.78, 5) is 21.7. The van der Waals surface area contributed by atoms with E-state index in [1.54, 1.807) is 0 Å². The summed E-state index contributed by atoms with van der Waals surface area (Å²) in [6, 6.07) is 0.0608. The molecule has 70 valence electrons. The molecule has 1 aliphatic heterocycles. The molecule has 0 aromatic heterocycles. The molecular weight excluding hydrogens is 172 g/mol. The van der Waals surface area contributed by atoms with Crippen molar-refractivity contribution in [2.45, 2.75) is 18.9 Å². The van der Waals surface area contributed by atoms with Crippen LogP contribution in [0.1, 0.15) is 12.8 Å². The molecule has 0 bridgehead atoms. The van der Waals surface area contributed by atoms with Crippen LogP contribution in [0, 0.1) is 0 Å². The summed E-state index contributed by atoms with van der Waals surface area (Å²) >= 11 is 0. The second kappa shape index (κ2) is 3.08. The highest BCUT2D eigenvalue weighted by atomic mass is 16.5. The first-order valence-corrected chi connectivity index (χ1v) is 4.19. The molecule has 0 aromatic rings. The van der Waals surface area contributed by atoms with E-state index in [0.29, 0.717) is 11.7 Å². The van der Waals surface area contributed by atoms with Gasteiger partial charge in [-0.1, -0.05) is 0 Å². The fourth-order valence-corrected chi connectivity index (χ4v) is 1.04. The number of hydrogen-bond acceptors (Lipinski definition) is 3. The molecule has 1 heterocycles. The molecule has 0 radical (unpaired) electrons. The Balaban J connectivity index is 1.79. The lowest BCUT2D eigenvalue weighted by Gasteiger charge is -2.04. The Kier molecular flexibility index (Phi) is 1.92. The fourth-order valence-electron chi connectivity index (χ4n) is 1.04. The van der Waals surface area contributed by atoms with Gasteiger partial charge in [0, 0.05) is 12.1 Å². The van der Waals surface area contributed by atoms with E-state index >= 15 is 0 Å². The second-order valence-corrected chi connectivity index (χ2v) is 3.15. The number of esters is 1. The zero-order chi connectivity index (χ0) is 9.26. The zero-order valence-corrected chi connectivity index (χ0v) is 7.00. The average Bonchev–Trinajstić information content (AvgIpc) is 2.76. The van der Waals surface area contributed by atoms with Gasteiger partial charge in [0.2, 0.25) is 0 Å². The highest BCUT2D eigenvalue weighted by molar-refractivity contribution is 5.87. The van der Waals surface area contributed by atoms with Crippen molar-refractivity contribution in [1.29, 1.82) is 0 Å². The van der Waals surface area contributed by atoms with Crippen LogP contribution in [0.4, 0.5) is 4.79 Å². The number of cyclic esters (lactones) is 1. The topological polar surface area (TPSA) is 67.4 Å². The van der Waals surface area contributed by atoms with Crippen molar-refractivity contribution < 1.29 is 14.3 Å². The quantitative estimate of drug-likeness (QED) is 0.585. The van der Waals surface area contributed by atoms with Crippen molar-refractivity contribution in [2.24, 2.45) is 0 Å². The van der Waals surface area contributed by atoms with E-state index in [4.69, 9.17) is 0 Å². The van der Waals surface area contributed by atoms with Crippen LogP contribution in [0.2, 0.25) is 0 Å². The molecule has 2 aliphatic rings. The minimum absolute atomic E-state index is 0.164. The maximum atomic E-state index is 11.1. The van der Waals surface area contributed by atoms with Crippen molar-refractivity contribution in [3.8, 4) is 0 Å². The van der Waals surface area contributed by atoms with E-state index < -0.39 is 5.97 Å². The molecule has 0 saturated heterocycles. The number of ether oxygens (including phenoxy) is 1. The molecule has 2 N–H and O–H groups in total. The van der Waals surface area contributed by atoms with Crippen LogP contribution in [0.3, 0.4) is 0 Å². The maximum Gasteiger partial charge on any atom is 0.333 e. The fraction of sp³-hybridized carbons (Fsp3) is 0.500. The predicted octanol–water partition coefficient (Wildman–Crippen LogP) is -0.111. The van der Waals surface area contributed by atoms with E-state index in [1.165, 1.54) is 6.08 Å². The van der Waals surface area contributed by atoms with Crippen LogP contribution in [0.25, 0.3) is 0 Å². The molecular formula is C8H10N2O3. The number of rotatable bonds is 2. The number of amides is 2. The molecule has 13 heavy (non-hydrogen) atoms. The molecule has 1 aliphatic carbocycles. The first kappa shape index (κ1) is 8.10. The Hall–Kier alpha value is -1.52. The molecule has 0 atom stereocenters. The third-order valence-corrected chi connectivity index (χ3v) is 1.85. The molecule has 0 spiro atoms. The van der Waals surface area contributed by atoms with Gasteiger partial charge in [0.25, 0.3) is 0 Å². The predicted molar refractivity (Wildman–Crippen MR) is 43.7 cm³/mol. The Morgan fingerprint density at radius 2 is 2.31 bits per heavy atom. The van der Waals surface area contributed by atoms with Crippen LogP contribution >= 0.6 is 0 Å². The summed E-state index contributed by atoms with van der Waals surface area (Å²) in [5.41, 5.74) is 0.517. The number of urea groups is 1. The van der Waals surface area contributed by atoms with Crippen molar-refractivity contribution in [3.63, 3.8) is 0 Å². The maximum absolute atomic E-state index is 11.1. The molecule has 2 amide bonds. The molecule has 5 heteroatoms. The summed E-state index contributed by atoms with van der Waals surface area (Å²) in [6.07, 6.45) is 3.37. The Morgan fingerprint density at radius 3 is 2.85 bits per heavy atom. The van der Waals surface area contributed by atoms with E-state index in [0.717, 1.165) is 12.8 Å². The monoisotopic (exact) mass is 182 g/mol. The van der Waals surface area contributed by atoms with Crippen LogP contribution in [-0.2, 0) is 9.53 Å². The SMILES string of the molecule is O=C(NC1=CC(=O)OC1)NC1CC1. The summed E-state index contributed by atoms with van der Waals surface area (Å²) in [6.45, 7) is 0.164. The smallest absolute Gasteiger partial charge is 0.333 e. The first-order valence-electron chi connectivity index (χ1n) is 4.19. The lowest BCUT2D eigenvalue weighted by molar-refractivity contribution is -0.134. The van der Waals surface area contributed by atoms with E-state index in [2.05, 4.69) is 15.4 Å². The lowest BCUT2D eigenvalue weighted by atomic mass is 10.4. The van der Waals surface area contributed by atoms with E-state index in [1.807, 2.05) is 0 Å². The van der Waals surface area contributed by atoms with Crippen molar-refractivity contribution in [3.05, 3.63) is 11.8 Å². The van der Waals surface area contributed by atoms with Gasteiger partial charge in [0.1, 0.15) is 6.61 Å². The Bertz CT molecular complexity index is 281. The van der Waals surface area contributed by atoms with Gasteiger partial charge in [-0.3, -0.25) is 0 Å². The van der Waals surface area contributed by atoms with Gasteiger partial charge in [-0.15, -0.1) is 0 Å². The largest absolute Gasteiger partial charge is 0.456 e. The van der Waals surface area contributed by atoms with Gasteiger partial charge >= 0.3 is 12.0 Å². The summed E-state index contributed by atoms with van der Waals surface area (Å²) in [7, 11) is 0. The highest BCUT2D eigenvalue weighted by Gasteiger charge is 2.24. The molecule has 0 aromatic carbocycles. The first-order chi connectivity index (χ1) is 6.24. The highest BCUT2D eigenvalue weighted by Crippen LogP contribution is 2.18. The van der Waals surface area contributed by atoms with Gasteiger partial charge in [0.15, 0.2) is 0 Å². The van der Waals surface area contributed by atoms with Crippen molar-refractivity contribution >= 4 is 12.0 Å². The van der Waals surface area contributed by atoms with Crippen LogP contribution in [-0.4, -0.2) is 24.6 Å². The van der Waals surface area contributed by atoms with Crippen molar-refractivity contribution in [1.82, 2.24) is 10.6 Å². The number of carbonyl (C=O) groups excluding carboxylic acids is 2. The number of carbonyl (C=O) groups is 2. The lowest BCUT2D eigenvalue weighted by Crippen LogP contribution is -2.36. The standard InChI is InChI=1S/C8H10N2O3/c11-7-3-6(4-13-7)10-8(12)9-5-1-2-5/h3,5H,1-2,4H2,(H2,9,10,12). The average molecular weight is 182 g/mol. The van der Waals surface area contributed by atoms with E-state index in [9.17, 15) is 9.59 Å². The minimum Gasteiger partial charge on any atom is -0.456 e. The molecule has 2 rings (SSSR count). The van der Waals surface area contributed by atoms with E-state index in [-0.39, 0.29) is 12.6 Å². The van der Waals surface area contributed by atoms with Crippen molar-refractivity contribution in [2.75, 3.05) is 6.61 Å². The Labute approximate surface area is 75.1 Å². The summed E-state index contributed by atoms with van der Waals surface area (Å²) in [5.74, 6) is -0.401. The van der Waals surface area contributed by atoms with Crippen LogP contribution in [0.15, 0.2) is 11.8 Å². The van der Waals surface area contributed by atoms with Gasteiger partial charge in [-0.25, -0.2) is 9.59 Å². The molecule has 5 nitrogen and oxygen atoms in total. The Morgan fingerprint density at radius 1 is 1.54 bits per heavy atom. The third-order valence-electron chi connectivity index (χ3n) is 1.85. The van der Waals surface area contributed by atoms with Crippen LogP contribution < -0.4 is 10.6 Å². The third kappa shape index (κ3) is 2.21. The van der Waals surface area contributed by atoms with Gasteiger partial charge in [0.05, 0.1) is 5.70 Å². The summed E-state index contributed by atoms with van der Waals surface area (Å²) < 4.78 is 4.61. The van der Waals surface area contributed by atoms with Gasteiger partial charge < -0.3 is 15.4 Å². The number of hydrogen-bond donors (Lipinski definition) is 2. The molecule has 1 saturated carbocycles.